The molecule has 2 rings (SSSR count). The summed E-state index contributed by atoms with van der Waals surface area (Å²) in [5.74, 6) is 0.432. The molecule has 0 amide bonds. The predicted molar refractivity (Wildman–Crippen MR) is 62.8 cm³/mol. The monoisotopic (exact) mass is 254 g/mol. The molecule has 0 aliphatic carbocycles. The first-order valence-corrected chi connectivity index (χ1v) is 5.98. The van der Waals surface area contributed by atoms with E-state index in [1.54, 1.807) is 0 Å². The molecule has 0 aromatic carbocycles. The van der Waals surface area contributed by atoms with Crippen LogP contribution in [0.5, 0.6) is 0 Å². The number of rotatable bonds is 4. The van der Waals surface area contributed by atoms with Gasteiger partial charge in [0.05, 0.1) is 6.54 Å². The molecule has 1 aromatic heterocycles. The summed E-state index contributed by atoms with van der Waals surface area (Å²) in [7, 11) is 0. The molecule has 2 heterocycles. The van der Waals surface area contributed by atoms with Gasteiger partial charge in [-0.3, -0.25) is 9.69 Å². The molecule has 3 N–H and O–H groups in total. The van der Waals surface area contributed by atoms with Gasteiger partial charge in [-0.1, -0.05) is 19.0 Å². The lowest BCUT2D eigenvalue weighted by atomic mass is 10.0. The molecule has 1 atom stereocenters. The zero-order valence-electron chi connectivity index (χ0n) is 10.6. The molecule has 1 aliphatic heterocycles. The van der Waals surface area contributed by atoms with Crippen LogP contribution >= 0.6 is 0 Å². The van der Waals surface area contributed by atoms with Gasteiger partial charge < -0.3 is 15.4 Å². The summed E-state index contributed by atoms with van der Waals surface area (Å²) >= 11 is 0. The fraction of sp³-hybridized carbons (Fsp3) is 0.727. The molecule has 0 radical (unpaired) electrons. The molecule has 1 saturated heterocycles. The Morgan fingerprint density at radius 2 is 2.39 bits per heavy atom. The number of likely N-dealkylation sites (tertiary alicyclic amines) is 1. The molecule has 0 spiro atoms. The van der Waals surface area contributed by atoms with Crippen LogP contribution in [0.3, 0.4) is 0 Å². The highest BCUT2D eigenvalue weighted by Gasteiger charge is 2.41. The lowest BCUT2D eigenvalue weighted by molar-refractivity contribution is -0.142. The molecule has 1 fully saturated rings. The smallest absolute Gasteiger partial charge is 0.325 e. The van der Waals surface area contributed by atoms with Gasteiger partial charge in [0.25, 0.3) is 0 Å². The maximum Gasteiger partial charge on any atom is 0.325 e. The first-order valence-electron chi connectivity index (χ1n) is 5.98. The Labute approximate surface area is 105 Å². The SMILES string of the molecule is CC(C)c1noc(CN2CCC(N)(C(=O)O)C2)n1. The van der Waals surface area contributed by atoms with Gasteiger partial charge in [0.2, 0.25) is 5.89 Å². The van der Waals surface area contributed by atoms with E-state index in [1.165, 1.54) is 0 Å². The van der Waals surface area contributed by atoms with E-state index in [9.17, 15) is 4.79 Å². The van der Waals surface area contributed by atoms with Crippen LogP contribution in [0.1, 0.15) is 37.9 Å². The molecule has 1 aromatic rings. The molecule has 7 heteroatoms. The Hall–Kier alpha value is -1.47. The van der Waals surface area contributed by atoms with Crippen molar-refractivity contribution in [3.05, 3.63) is 11.7 Å². The third-order valence-electron chi connectivity index (χ3n) is 3.16. The van der Waals surface area contributed by atoms with E-state index in [2.05, 4.69) is 10.1 Å². The molecule has 7 nitrogen and oxygen atoms in total. The minimum absolute atomic E-state index is 0.216. The third-order valence-corrected chi connectivity index (χ3v) is 3.16. The summed E-state index contributed by atoms with van der Waals surface area (Å²) < 4.78 is 5.13. The lowest BCUT2D eigenvalue weighted by Crippen LogP contribution is -2.50. The Kier molecular flexibility index (Phi) is 3.36. The van der Waals surface area contributed by atoms with Crippen molar-refractivity contribution in [1.82, 2.24) is 15.0 Å². The van der Waals surface area contributed by atoms with Crippen LogP contribution in [0.4, 0.5) is 0 Å². The van der Waals surface area contributed by atoms with Crippen LogP contribution in [0.2, 0.25) is 0 Å². The minimum atomic E-state index is -1.15. The number of nitrogens with two attached hydrogens (primary N) is 1. The second kappa shape index (κ2) is 4.66. The first-order chi connectivity index (χ1) is 8.40. The first kappa shape index (κ1) is 13.0. The number of carboxylic acid groups (broad SMARTS) is 1. The summed E-state index contributed by atoms with van der Waals surface area (Å²) in [5, 5.41) is 12.9. The summed E-state index contributed by atoms with van der Waals surface area (Å²) in [6.45, 7) is 5.36. The topological polar surface area (TPSA) is 105 Å². The number of carbonyl (C=O) groups is 1. The number of aromatic nitrogens is 2. The van der Waals surface area contributed by atoms with E-state index in [0.717, 1.165) is 0 Å². The van der Waals surface area contributed by atoms with Crippen LogP contribution in [0, 0.1) is 0 Å². The highest BCUT2D eigenvalue weighted by atomic mass is 16.5. The van der Waals surface area contributed by atoms with Crippen LogP contribution in [0.15, 0.2) is 4.52 Å². The van der Waals surface area contributed by atoms with Gasteiger partial charge >= 0.3 is 5.97 Å². The Balaban J connectivity index is 1.97. The highest BCUT2D eigenvalue weighted by molar-refractivity contribution is 5.79. The maximum atomic E-state index is 11.0. The second-order valence-corrected chi connectivity index (χ2v) is 5.12. The summed E-state index contributed by atoms with van der Waals surface area (Å²) in [6, 6.07) is 0. The van der Waals surface area contributed by atoms with Crippen LogP contribution in [-0.2, 0) is 11.3 Å². The molecular formula is C11H18N4O3. The molecule has 100 valence electrons. The van der Waals surface area contributed by atoms with Gasteiger partial charge in [-0.2, -0.15) is 4.98 Å². The van der Waals surface area contributed by atoms with Crippen molar-refractivity contribution < 1.29 is 14.4 Å². The second-order valence-electron chi connectivity index (χ2n) is 5.12. The van der Waals surface area contributed by atoms with E-state index >= 15 is 0 Å². The van der Waals surface area contributed by atoms with Gasteiger partial charge in [-0.05, 0) is 6.42 Å². The van der Waals surface area contributed by atoms with Crippen LogP contribution in [0.25, 0.3) is 0 Å². The van der Waals surface area contributed by atoms with Gasteiger partial charge in [0, 0.05) is 19.0 Å². The standard InChI is InChI=1S/C11H18N4O3/c1-7(2)9-13-8(18-14-9)5-15-4-3-11(12,6-15)10(16)17/h7H,3-6,12H2,1-2H3,(H,16,17). The fourth-order valence-electron chi connectivity index (χ4n) is 1.98. The Bertz CT molecular complexity index is 445. The third kappa shape index (κ3) is 2.51. The summed E-state index contributed by atoms with van der Waals surface area (Å²) in [4.78, 5) is 17.2. The van der Waals surface area contributed by atoms with Crippen molar-refractivity contribution in [2.75, 3.05) is 13.1 Å². The van der Waals surface area contributed by atoms with E-state index in [1.807, 2.05) is 18.7 Å². The van der Waals surface area contributed by atoms with Crippen molar-refractivity contribution >= 4 is 5.97 Å². The average molecular weight is 254 g/mol. The number of carboxylic acids is 1. The Morgan fingerprint density at radius 3 is 2.89 bits per heavy atom. The molecule has 0 bridgehead atoms. The number of hydrogen-bond acceptors (Lipinski definition) is 6. The van der Waals surface area contributed by atoms with Crippen LogP contribution < -0.4 is 5.73 Å². The number of aliphatic carboxylic acids is 1. The lowest BCUT2D eigenvalue weighted by Gasteiger charge is -2.18. The Morgan fingerprint density at radius 1 is 1.67 bits per heavy atom. The zero-order valence-corrected chi connectivity index (χ0v) is 10.6. The van der Waals surface area contributed by atoms with Gasteiger partial charge in [-0.25, -0.2) is 0 Å². The van der Waals surface area contributed by atoms with E-state index in [-0.39, 0.29) is 5.92 Å². The largest absolute Gasteiger partial charge is 0.480 e. The van der Waals surface area contributed by atoms with Crippen molar-refractivity contribution in [3.8, 4) is 0 Å². The van der Waals surface area contributed by atoms with E-state index < -0.39 is 11.5 Å². The highest BCUT2D eigenvalue weighted by Crippen LogP contribution is 2.21. The zero-order chi connectivity index (χ0) is 13.3. The summed E-state index contributed by atoms with van der Waals surface area (Å²) in [5.41, 5.74) is 4.64. The molecular weight excluding hydrogens is 236 g/mol. The van der Waals surface area contributed by atoms with Gasteiger partial charge in [0.1, 0.15) is 5.54 Å². The van der Waals surface area contributed by atoms with Gasteiger partial charge in [0.15, 0.2) is 5.82 Å². The average Bonchev–Trinajstić information content (AvgIpc) is 2.87. The molecule has 1 aliphatic rings. The molecule has 0 saturated carbocycles. The van der Waals surface area contributed by atoms with Crippen molar-refractivity contribution in [1.29, 1.82) is 0 Å². The van der Waals surface area contributed by atoms with Crippen LogP contribution in [-0.4, -0.2) is 44.7 Å². The maximum absolute atomic E-state index is 11.0. The predicted octanol–water partition coefficient (Wildman–Crippen LogP) is 0.181. The van der Waals surface area contributed by atoms with Crippen molar-refractivity contribution in [3.63, 3.8) is 0 Å². The molecule has 18 heavy (non-hydrogen) atoms. The van der Waals surface area contributed by atoms with Gasteiger partial charge in [-0.15, -0.1) is 0 Å². The summed E-state index contributed by atoms with van der Waals surface area (Å²) in [6.07, 6.45) is 0.438. The fourth-order valence-corrected chi connectivity index (χ4v) is 1.98. The van der Waals surface area contributed by atoms with E-state index in [0.29, 0.717) is 37.8 Å². The van der Waals surface area contributed by atoms with E-state index in [4.69, 9.17) is 15.4 Å². The van der Waals surface area contributed by atoms with Crippen molar-refractivity contribution in [2.24, 2.45) is 5.73 Å². The number of hydrogen-bond donors (Lipinski definition) is 2. The minimum Gasteiger partial charge on any atom is -0.480 e. The molecule has 1 unspecified atom stereocenters. The number of nitrogens with zero attached hydrogens (tertiary/aromatic N) is 3. The quantitative estimate of drug-likeness (QED) is 0.789. The normalized spacial score (nSPS) is 24.9. The van der Waals surface area contributed by atoms with Crippen molar-refractivity contribution in [2.45, 2.75) is 38.3 Å².